The van der Waals surface area contributed by atoms with Crippen LogP contribution in [0.4, 0.5) is 19.2 Å². The lowest BCUT2D eigenvalue weighted by molar-refractivity contribution is 0.0515. The zero-order chi connectivity index (χ0) is 49.0. The number of carbonyl (C=O) groups is 4. The van der Waals surface area contributed by atoms with Crippen LogP contribution in [-0.2, 0) is 25.5 Å². The molecular weight excluding hydrogens is 825 g/mol. The maximum Gasteiger partial charge on any atom is 0.407 e. The van der Waals surface area contributed by atoms with Gasteiger partial charge in [0.15, 0.2) is 0 Å². The Balaban J connectivity index is 0.00000129. The number of nitrogens with zero attached hydrogens (tertiary/aromatic N) is 1. The Bertz CT molecular complexity index is 1290. The summed E-state index contributed by atoms with van der Waals surface area (Å²) in [6.07, 6.45) is 16.2. The van der Waals surface area contributed by atoms with Gasteiger partial charge in [-0.3, -0.25) is 4.90 Å². The van der Waals surface area contributed by atoms with Crippen molar-refractivity contribution in [3.05, 3.63) is 35.9 Å². The first-order valence-electron chi connectivity index (χ1n) is 24.8. The lowest BCUT2D eigenvalue weighted by atomic mass is 10.1. The largest absolute Gasteiger partial charge is 0.444 e. The lowest BCUT2D eigenvalue weighted by Crippen LogP contribution is -2.33. The molecule has 14 nitrogen and oxygen atoms in total. The van der Waals surface area contributed by atoms with Gasteiger partial charge < -0.3 is 45.5 Å². The molecule has 0 radical (unpaired) electrons. The van der Waals surface area contributed by atoms with Crippen molar-refractivity contribution in [2.45, 2.75) is 215 Å². The van der Waals surface area contributed by atoms with Crippen molar-refractivity contribution < 1.29 is 38.1 Å². The van der Waals surface area contributed by atoms with E-state index in [2.05, 4.69) is 61.8 Å². The first-order valence-corrected chi connectivity index (χ1v) is 24.8. The van der Waals surface area contributed by atoms with Gasteiger partial charge in [-0.05, 0) is 166 Å². The number of nitrogens with one attached hydrogen (secondary N) is 5. The van der Waals surface area contributed by atoms with E-state index in [1.54, 1.807) is 0 Å². The van der Waals surface area contributed by atoms with Crippen LogP contribution < -0.4 is 26.6 Å². The molecule has 0 spiro atoms. The van der Waals surface area contributed by atoms with Crippen LogP contribution in [0, 0.1) is 0 Å². The summed E-state index contributed by atoms with van der Waals surface area (Å²) in [5, 5.41) is 14.7. The Labute approximate surface area is 395 Å². The Hall–Kier alpha value is -3.78. The van der Waals surface area contributed by atoms with Gasteiger partial charge >= 0.3 is 24.4 Å². The lowest BCUT2D eigenvalue weighted by Gasteiger charge is -2.22. The average molecular weight is 921 g/mol. The van der Waals surface area contributed by atoms with Crippen LogP contribution in [0.3, 0.4) is 0 Å². The number of alkyl carbamates (subject to hydrolysis) is 4. The molecular formula is C51H96N6O8. The highest BCUT2D eigenvalue weighted by Crippen LogP contribution is 2.12. The minimum Gasteiger partial charge on any atom is -0.444 e. The summed E-state index contributed by atoms with van der Waals surface area (Å²) < 4.78 is 20.9. The Morgan fingerprint density at radius 1 is 0.385 bits per heavy atom. The monoisotopic (exact) mass is 921 g/mol. The van der Waals surface area contributed by atoms with Crippen LogP contribution in [0.25, 0.3) is 0 Å². The number of amides is 4. The standard InChI is InChI=1S/C29H51N3O4.C22H45N3O4/c1-28(2,3)35-26(33)30-20-14-7-9-16-22-32(24-25-18-12-11-13-19-25)23-17-10-8-15-21-31-27(34)36-29(4,5)6;1-21(2,3)28-19(26)24-17-13-9-7-11-15-23-16-12-8-10-14-18-25-20(27)29-22(4,5)6/h11-13,18-19H,7-10,14-17,20-24H2,1-6H3,(H,30,33)(H,31,34);23H,7-18H2,1-6H3,(H,24,26)(H,25,27). The van der Waals surface area contributed by atoms with Crippen LogP contribution in [0.5, 0.6) is 0 Å². The van der Waals surface area contributed by atoms with E-state index in [-0.39, 0.29) is 24.4 Å². The smallest absolute Gasteiger partial charge is 0.407 e. The topological polar surface area (TPSA) is 169 Å². The third-order valence-electron chi connectivity index (χ3n) is 9.28. The summed E-state index contributed by atoms with van der Waals surface area (Å²) in [5.41, 5.74) is -0.438. The summed E-state index contributed by atoms with van der Waals surface area (Å²) in [6.45, 7) is 30.3. The predicted molar refractivity (Wildman–Crippen MR) is 265 cm³/mol. The van der Waals surface area contributed by atoms with E-state index in [1.165, 1.54) is 18.4 Å². The second kappa shape index (κ2) is 35.4. The van der Waals surface area contributed by atoms with Crippen molar-refractivity contribution in [3.63, 3.8) is 0 Å². The molecule has 0 saturated carbocycles. The molecule has 4 amide bonds. The maximum absolute atomic E-state index is 11.7. The van der Waals surface area contributed by atoms with E-state index in [1.807, 2.05) is 83.1 Å². The Kier molecular flexibility index (Phi) is 33.4. The van der Waals surface area contributed by atoms with Gasteiger partial charge in [-0.1, -0.05) is 81.7 Å². The maximum atomic E-state index is 11.7. The predicted octanol–water partition coefficient (Wildman–Crippen LogP) is 11.4. The van der Waals surface area contributed by atoms with Gasteiger partial charge in [0.1, 0.15) is 22.4 Å². The quantitative estimate of drug-likeness (QED) is 0.0370. The second-order valence-electron chi connectivity index (χ2n) is 20.9. The van der Waals surface area contributed by atoms with Crippen LogP contribution >= 0.6 is 0 Å². The first-order chi connectivity index (χ1) is 30.4. The molecule has 0 saturated heterocycles. The highest BCUT2D eigenvalue weighted by atomic mass is 16.6. The van der Waals surface area contributed by atoms with Crippen LogP contribution in [0.2, 0.25) is 0 Å². The van der Waals surface area contributed by atoms with Crippen LogP contribution in [0.15, 0.2) is 30.3 Å². The minimum absolute atomic E-state index is 0.334. The molecule has 14 heteroatoms. The molecule has 1 aromatic rings. The van der Waals surface area contributed by atoms with E-state index in [4.69, 9.17) is 18.9 Å². The second-order valence-corrected chi connectivity index (χ2v) is 20.9. The highest BCUT2D eigenvalue weighted by molar-refractivity contribution is 5.68. The molecule has 0 fully saturated rings. The van der Waals surface area contributed by atoms with Gasteiger partial charge in [-0.2, -0.15) is 0 Å². The fourth-order valence-corrected chi connectivity index (χ4v) is 6.34. The minimum atomic E-state index is -0.455. The number of hydrogen-bond donors (Lipinski definition) is 5. The number of unbranched alkanes of at least 4 members (excludes halogenated alkanes) is 12. The van der Waals surface area contributed by atoms with Gasteiger partial charge in [-0.25, -0.2) is 19.2 Å². The third kappa shape index (κ3) is 46.5. The molecule has 0 aliphatic heterocycles. The van der Waals surface area contributed by atoms with Gasteiger partial charge in [0.05, 0.1) is 0 Å². The van der Waals surface area contributed by atoms with Gasteiger partial charge in [0.25, 0.3) is 0 Å². The van der Waals surface area contributed by atoms with Crippen molar-refractivity contribution >= 4 is 24.4 Å². The van der Waals surface area contributed by atoms with Crippen molar-refractivity contribution in [3.8, 4) is 0 Å². The summed E-state index contributed by atoms with van der Waals surface area (Å²) in [4.78, 5) is 48.9. The van der Waals surface area contributed by atoms with E-state index in [0.717, 1.165) is 123 Å². The van der Waals surface area contributed by atoms with Gasteiger partial charge in [0.2, 0.25) is 0 Å². The number of hydrogen-bond acceptors (Lipinski definition) is 10. The molecule has 0 unspecified atom stereocenters. The van der Waals surface area contributed by atoms with Gasteiger partial charge in [0, 0.05) is 32.7 Å². The van der Waals surface area contributed by atoms with Crippen LogP contribution in [0.1, 0.15) is 191 Å². The molecule has 0 aromatic heterocycles. The normalized spacial score (nSPS) is 11.8. The first kappa shape index (κ1) is 61.2. The average Bonchev–Trinajstić information content (AvgIpc) is 3.16. The molecule has 5 N–H and O–H groups in total. The van der Waals surface area contributed by atoms with Crippen molar-refractivity contribution in [2.24, 2.45) is 0 Å². The Morgan fingerprint density at radius 2 is 0.646 bits per heavy atom. The van der Waals surface area contributed by atoms with Crippen molar-refractivity contribution in [1.82, 2.24) is 31.5 Å². The van der Waals surface area contributed by atoms with Crippen molar-refractivity contribution in [2.75, 3.05) is 52.4 Å². The van der Waals surface area contributed by atoms with E-state index >= 15 is 0 Å². The Morgan fingerprint density at radius 3 is 0.923 bits per heavy atom. The molecule has 65 heavy (non-hydrogen) atoms. The zero-order valence-electron chi connectivity index (χ0n) is 43.3. The highest BCUT2D eigenvalue weighted by Gasteiger charge is 2.18. The molecule has 1 rings (SSSR count). The number of ether oxygens (including phenoxy) is 4. The van der Waals surface area contributed by atoms with E-state index in [9.17, 15) is 19.2 Å². The van der Waals surface area contributed by atoms with Crippen LogP contribution in [-0.4, -0.2) is 104 Å². The van der Waals surface area contributed by atoms with Crippen molar-refractivity contribution in [1.29, 1.82) is 0 Å². The molecule has 0 bridgehead atoms. The fourth-order valence-electron chi connectivity index (χ4n) is 6.34. The van der Waals surface area contributed by atoms with E-state index in [0.29, 0.717) is 26.2 Å². The molecule has 378 valence electrons. The molecule has 1 aromatic carbocycles. The SMILES string of the molecule is CC(C)(C)OC(=O)NCCCCCCN(CCCCCCNC(=O)OC(C)(C)C)Cc1ccccc1.CC(C)(C)OC(=O)NCCCCCCNCCCCCCNC(=O)OC(C)(C)C. The van der Waals surface area contributed by atoms with Gasteiger partial charge in [-0.15, -0.1) is 0 Å². The number of carbonyl (C=O) groups excluding carboxylic acids is 4. The zero-order valence-corrected chi connectivity index (χ0v) is 43.3. The number of benzene rings is 1. The molecule has 0 aliphatic rings. The third-order valence-corrected chi connectivity index (χ3v) is 9.28. The van der Waals surface area contributed by atoms with E-state index < -0.39 is 22.4 Å². The number of rotatable bonds is 30. The molecule has 0 heterocycles. The molecule has 0 atom stereocenters. The summed E-state index contributed by atoms with van der Waals surface area (Å²) in [5.74, 6) is 0. The summed E-state index contributed by atoms with van der Waals surface area (Å²) in [6, 6.07) is 10.6. The summed E-state index contributed by atoms with van der Waals surface area (Å²) in [7, 11) is 0. The summed E-state index contributed by atoms with van der Waals surface area (Å²) >= 11 is 0. The fraction of sp³-hybridized carbons (Fsp3) is 0.804. The molecule has 0 aliphatic carbocycles.